The predicted molar refractivity (Wildman–Crippen MR) is 56.3 cm³/mol. The molecule has 0 amide bonds. The highest BCUT2D eigenvalue weighted by molar-refractivity contribution is 5.29. The molecule has 0 saturated carbocycles. The van der Waals surface area contributed by atoms with Crippen LogP contribution in [-0.2, 0) is 0 Å². The van der Waals surface area contributed by atoms with Crippen LogP contribution >= 0.6 is 0 Å². The van der Waals surface area contributed by atoms with E-state index in [1.165, 1.54) is 6.07 Å². The summed E-state index contributed by atoms with van der Waals surface area (Å²) < 4.78 is 13.0. The molecule has 1 unspecified atom stereocenters. The molecule has 0 spiro atoms. The summed E-state index contributed by atoms with van der Waals surface area (Å²) >= 11 is 0. The van der Waals surface area contributed by atoms with Gasteiger partial charge in [0.05, 0.1) is 12.6 Å². The first-order chi connectivity index (χ1) is 7.19. The third-order valence-electron chi connectivity index (χ3n) is 2.05. The average Bonchev–Trinajstić information content (AvgIpc) is 2.24. The fraction of sp³-hybridized carbons (Fsp3) is 0.250. The Morgan fingerprint density at radius 2 is 2.33 bits per heavy atom. The van der Waals surface area contributed by atoms with Crippen molar-refractivity contribution in [2.45, 2.75) is 13.0 Å². The first kappa shape index (κ1) is 11.2. The zero-order valence-electron chi connectivity index (χ0n) is 8.42. The van der Waals surface area contributed by atoms with Crippen LogP contribution in [0.4, 0.5) is 4.39 Å². The van der Waals surface area contributed by atoms with E-state index in [4.69, 9.17) is 11.7 Å². The molecule has 1 rings (SSSR count). The lowest BCUT2D eigenvalue weighted by Crippen LogP contribution is -2.20. The molecule has 0 heterocycles. The number of nitrogens with zero attached hydrogens (tertiary/aromatic N) is 1. The fourth-order valence-electron chi connectivity index (χ4n) is 1.25. The van der Waals surface area contributed by atoms with Crippen molar-refractivity contribution in [3.05, 3.63) is 35.1 Å². The second kappa shape index (κ2) is 5.14. The Morgan fingerprint density at radius 3 is 2.87 bits per heavy atom. The molecule has 0 saturated heterocycles. The van der Waals surface area contributed by atoms with Crippen LogP contribution < -0.4 is 5.32 Å². The van der Waals surface area contributed by atoms with Crippen molar-refractivity contribution in [1.29, 1.82) is 5.26 Å². The summed E-state index contributed by atoms with van der Waals surface area (Å²) in [6.45, 7) is 1.98. The molecule has 0 aliphatic heterocycles. The average molecular weight is 202 g/mol. The molecule has 0 aliphatic rings. The molecule has 1 atom stereocenters. The van der Waals surface area contributed by atoms with Crippen LogP contribution in [0.5, 0.6) is 0 Å². The van der Waals surface area contributed by atoms with Crippen molar-refractivity contribution >= 4 is 0 Å². The van der Waals surface area contributed by atoms with E-state index < -0.39 is 6.04 Å². The van der Waals surface area contributed by atoms with Crippen LogP contribution in [0, 0.1) is 36.4 Å². The van der Waals surface area contributed by atoms with Crippen LogP contribution in [0.25, 0.3) is 0 Å². The largest absolute Gasteiger partial charge is 0.287 e. The molecule has 0 fully saturated rings. The summed E-state index contributed by atoms with van der Waals surface area (Å²) in [5, 5.41) is 11.8. The van der Waals surface area contributed by atoms with Crippen LogP contribution in [0.3, 0.4) is 0 Å². The Balaban J connectivity index is 2.89. The fourth-order valence-corrected chi connectivity index (χ4v) is 1.25. The Kier molecular flexibility index (Phi) is 3.85. The van der Waals surface area contributed by atoms with E-state index >= 15 is 0 Å². The van der Waals surface area contributed by atoms with Gasteiger partial charge in [-0.25, -0.2) is 4.39 Å². The van der Waals surface area contributed by atoms with Crippen molar-refractivity contribution in [3.63, 3.8) is 0 Å². The molecule has 0 aromatic heterocycles. The van der Waals surface area contributed by atoms with E-state index in [1.54, 1.807) is 19.1 Å². The zero-order valence-corrected chi connectivity index (χ0v) is 8.42. The van der Waals surface area contributed by atoms with Gasteiger partial charge in [0, 0.05) is 0 Å². The van der Waals surface area contributed by atoms with Crippen LogP contribution in [0.2, 0.25) is 0 Å². The highest BCUT2D eigenvalue weighted by Crippen LogP contribution is 2.15. The zero-order chi connectivity index (χ0) is 11.3. The minimum absolute atomic E-state index is 0.271. The third kappa shape index (κ3) is 2.80. The number of rotatable bonds is 3. The van der Waals surface area contributed by atoms with Gasteiger partial charge in [-0.3, -0.25) is 5.32 Å². The minimum Gasteiger partial charge on any atom is -0.287 e. The number of nitriles is 1. The van der Waals surface area contributed by atoms with E-state index in [9.17, 15) is 4.39 Å². The van der Waals surface area contributed by atoms with Crippen molar-refractivity contribution in [2.24, 2.45) is 0 Å². The Morgan fingerprint density at radius 1 is 1.60 bits per heavy atom. The number of hydrogen-bond acceptors (Lipinski definition) is 2. The molecule has 0 bridgehead atoms. The van der Waals surface area contributed by atoms with Crippen molar-refractivity contribution in [1.82, 2.24) is 5.32 Å². The third-order valence-corrected chi connectivity index (χ3v) is 2.05. The van der Waals surface area contributed by atoms with Crippen LogP contribution in [0.15, 0.2) is 18.2 Å². The molecule has 2 nitrogen and oxygen atoms in total. The summed E-state index contributed by atoms with van der Waals surface area (Å²) in [6, 6.07) is 6.17. The lowest BCUT2D eigenvalue weighted by Gasteiger charge is -2.10. The number of hydrogen-bond donors (Lipinski definition) is 1. The standard InChI is InChI=1S/C12H11FN2/c1-3-6-15-12(8-14)10-4-5-11(13)9(2)7-10/h1,4-5,7,12,15H,6H2,2H3. The van der Waals surface area contributed by atoms with Crippen molar-refractivity contribution < 1.29 is 4.39 Å². The maximum Gasteiger partial charge on any atom is 0.126 e. The molecule has 0 aliphatic carbocycles. The Labute approximate surface area is 88.7 Å². The number of nitrogens with one attached hydrogen (secondary N) is 1. The van der Waals surface area contributed by atoms with Gasteiger partial charge in [0.2, 0.25) is 0 Å². The van der Waals surface area contributed by atoms with E-state index in [0.717, 1.165) is 5.56 Å². The van der Waals surface area contributed by atoms with Crippen molar-refractivity contribution in [3.8, 4) is 18.4 Å². The molecule has 1 aromatic carbocycles. The van der Waals surface area contributed by atoms with E-state index in [2.05, 4.69) is 17.3 Å². The quantitative estimate of drug-likeness (QED) is 0.760. The lowest BCUT2D eigenvalue weighted by molar-refractivity contribution is 0.614. The molecule has 1 aromatic rings. The SMILES string of the molecule is C#CCNC(C#N)c1ccc(F)c(C)c1. The predicted octanol–water partition coefficient (Wildman–Crippen LogP) is 1.92. The molecule has 3 heteroatoms. The van der Waals surface area contributed by atoms with Gasteiger partial charge < -0.3 is 0 Å². The number of aryl methyl sites for hydroxylation is 1. The molecule has 0 radical (unpaired) electrons. The Hall–Kier alpha value is -1.84. The molecule has 1 N–H and O–H groups in total. The van der Waals surface area contributed by atoms with Gasteiger partial charge in [-0.05, 0) is 24.1 Å². The van der Waals surface area contributed by atoms with E-state index in [-0.39, 0.29) is 5.82 Å². The van der Waals surface area contributed by atoms with Gasteiger partial charge >= 0.3 is 0 Å². The maximum absolute atomic E-state index is 13.0. The minimum atomic E-state index is -0.486. The number of halogens is 1. The van der Waals surface area contributed by atoms with Gasteiger partial charge in [-0.2, -0.15) is 5.26 Å². The van der Waals surface area contributed by atoms with Gasteiger partial charge in [-0.15, -0.1) is 6.42 Å². The second-order valence-electron chi connectivity index (χ2n) is 3.16. The lowest BCUT2D eigenvalue weighted by atomic mass is 10.1. The molecule has 15 heavy (non-hydrogen) atoms. The summed E-state index contributed by atoms with van der Waals surface area (Å²) in [4.78, 5) is 0. The maximum atomic E-state index is 13.0. The van der Waals surface area contributed by atoms with Crippen LogP contribution in [0.1, 0.15) is 17.2 Å². The molecule has 76 valence electrons. The highest BCUT2D eigenvalue weighted by Gasteiger charge is 2.10. The van der Waals surface area contributed by atoms with Gasteiger partial charge in [0.1, 0.15) is 11.9 Å². The van der Waals surface area contributed by atoms with Gasteiger partial charge in [0.25, 0.3) is 0 Å². The summed E-state index contributed by atoms with van der Waals surface area (Å²) in [5.74, 6) is 2.12. The summed E-state index contributed by atoms with van der Waals surface area (Å²) in [6.07, 6.45) is 5.08. The summed E-state index contributed by atoms with van der Waals surface area (Å²) in [5.41, 5.74) is 1.25. The van der Waals surface area contributed by atoms with E-state index in [1.807, 2.05) is 0 Å². The van der Waals surface area contributed by atoms with Crippen molar-refractivity contribution in [2.75, 3.05) is 6.54 Å². The Bertz CT molecular complexity index is 426. The highest BCUT2D eigenvalue weighted by atomic mass is 19.1. The summed E-state index contributed by atoms with van der Waals surface area (Å²) in [7, 11) is 0. The van der Waals surface area contributed by atoms with Gasteiger partial charge in [-0.1, -0.05) is 18.1 Å². The van der Waals surface area contributed by atoms with E-state index in [0.29, 0.717) is 12.1 Å². The molecular formula is C12H11FN2. The van der Waals surface area contributed by atoms with Gasteiger partial charge in [0.15, 0.2) is 0 Å². The smallest absolute Gasteiger partial charge is 0.126 e. The first-order valence-electron chi connectivity index (χ1n) is 4.51. The molecular weight excluding hydrogens is 191 g/mol. The first-order valence-corrected chi connectivity index (χ1v) is 4.51. The second-order valence-corrected chi connectivity index (χ2v) is 3.16. The topological polar surface area (TPSA) is 35.8 Å². The number of benzene rings is 1. The van der Waals surface area contributed by atoms with Crippen LogP contribution in [-0.4, -0.2) is 6.54 Å². The normalized spacial score (nSPS) is 11.5. The monoisotopic (exact) mass is 202 g/mol. The number of terminal acetylenes is 1.